The third-order valence-corrected chi connectivity index (χ3v) is 4.34. The number of aromatic nitrogens is 2. The zero-order chi connectivity index (χ0) is 19.3. The second-order valence-corrected chi connectivity index (χ2v) is 6.45. The number of halogens is 1. The minimum atomic E-state index is -0.536. The van der Waals surface area contributed by atoms with Crippen molar-refractivity contribution in [3.8, 4) is 11.5 Å². The molecule has 0 saturated carbocycles. The van der Waals surface area contributed by atoms with Gasteiger partial charge in [-0.15, -0.1) is 0 Å². The molecule has 0 atom stereocenters. The van der Waals surface area contributed by atoms with Gasteiger partial charge in [0.25, 0.3) is 11.8 Å². The van der Waals surface area contributed by atoms with Gasteiger partial charge in [-0.2, -0.15) is 5.10 Å². The Labute approximate surface area is 159 Å². The van der Waals surface area contributed by atoms with Crippen LogP contribution in [0.5, 0.6) is 11.5 Å². The van der Waals surface area contributed by atoms with Gasteiger partial charge in [-0.1, -0.05) is 13.8 Å². The van der Waals surface area contributed by atoms with Gasteiger partial charge < -0.3 is 9.47 Å². The maximum atomic E-state index is 12.3. The summed E-state index contributed by atoms with van der Waals surface area (Å²) in [5.74, 6) is 0.116. The number of hydrazine groups is 1. The number of rotatable bonds is 6. The number of aromatic amines is 1. The fraction of sp³-hybridized carbons (Fsp3) is 0.353. The van der Waals surface area contributed by atoms with Gasteiger partial charge in [0, 0.05) is 5.56 Å². The molecule has 140 valence electrons. The maximum absolute atomic E-state index is 12.3. The molecule has 0 aliphatic carbocycles. The van der Waals surface area contributed by atoms with E-state index in [1.165, 1.54) is 13.2 Å². The molecule has 3 N–H and O–H groups in total. The first kappa shape index (κ1) is 19.8. The summed E-state index contributed by atoms with van der Waals surface area (Å²) >= 11 is 3.35. The summed E-state index contributed by atoms with van der Waals surface area (Å²) in [5.41, 5.74) is 5.98. The summed E-state index contributed by atoms with van der Waals surface area (Å²) < 4.78 is 11.2. The third-order valence-electron chi connectivity index (χ3n) is 3.54. The van der Waals surface area contributed by atoms with Crippen molar-refractivity contribution in [2.75, 3.05) is 13.7 Å². The first-order chi connectivity index (χ1) is 12.4. The van der Waals surface area contributed by atoms with Crippen molar-refractivity contribution in [1.29, 1.82) is 0 Å². The number of amides is 2. The highest BCUT2D eigenvalue weighted by molar-refractivity contribution is 9.10. The van der Waals surface area contributed by atoms with Crippen molar-refractivity contribution in [2.24, 2.45) is 0 Å². The molecular weight excluding hydrogens is 404 g/mol. The number of H-pyrrole nitrogens is 1. The molecule has 0 bridgehead atoms. The summed E-state index contributed by atoms with van der Waals surface area (Å²) in [4.78, 5) is 24.5. The number of hydrogen-bond acceptors (Lipinski definition) is 5. The van der Waals surface area contributed by atoms with Crippen molar-refractivity contribution in [2.45, 2.75) is 26.7 Å². The topological polar surface area (TPSA) is 105 Å². The van der Waals surface area contributed by atoms with E-state index in [-0.39, 0.29) is 11.6 Å². The standard InChI is InChI=1S/C17H21BrN4O4/c1-5-26-11-7-6-10(8-12(11)25-4)16(23)21-22-17(24)15-13(18)14(9(2)3)19-20-15/h6-9H,5H2,1-4H3,(H,19,20)(H,21,23)(H,22,24). The molecule has 2 amide bonds. The lowest BCUT2D eigenvalue weighted by Crippen LogP contribution is -2.41. The zero-order valence-corrected chi connectivity index (χ0v) is 16.6. The van der Waals surface area contributed by atoms with Crippen LogP contribution in [0.3, 0.4) is 0 Å². The van der Waals surface area contributed by atoms with Gasteiger partial charge in [0.05, 0.1) is 23.9 Å². The maximum Gasteiger partial charge on any atom is 0.291 e. The first-order valence-corrected chi connectivity index (χ1v) is 8.83. The van der Waals surface area contributed by atoms with E-state index in [1.807, 2.05) is 20.8 Å². The predicted octanol–water partition coefficient (Wildman–Crippen LogP) is 2.78. The number of benzene rings is 1. The van der Waals surface area contributed by atoms with E-state index in [4.69, 9.17) is 9.47 Å². The van der Waals surface area contributed by atoms with Crippen LogP contribution in [0.1, 0.15) is 53.2 Å². The smallest absolute Gasteiger partial charge is 0.291 e. The largest absolute Gasteiger partial charge is 0.493 e. The summed E-state index contributed by atoms with van der Waals surface area (Å²) in [5, 5.41) is 6.78. The highest BCUT2D eigenvalue weighted by Gasteiger charge is 2.20. The van der Waals surface area contributed by atoms with Crippen LogP contribution in [0.4, 0.5) is 0 Å². The summed E-state index contributed by atoms with van der Waals surface area (Å²) in [6.45, 7) is 6.28. The lowest BCUT2D eigenvalue weighted by Gasteiger charge is -2.11. The number of hydrogen-bond donors (Lipinski definition) is 3. The fourth-order valence-corrected chi connectivity index (χ4v) is 3.02. The fourth-order valence-electron chi connectivity index (χ4n) is 2.20. The Morgan fingerprint density at radius 3 is 2.50 bits per heavy atom. The first-order valence-electron chi connectivity index (χ1n) is 8.04. The Morgan fingerprint density at radius 2 is 1.92 bits per heavy atom. The average molecular weight is 425 g/mol. The van der Waals surface area contributed by atoms with E-state index in [1.54, 1.807) is 12.1 Å². The van der Waals surface area contributed by atoms with E-state index in [9.17, 15) is 9.59 Å². The number of carbonyl (C=O) groups excluding carboxylic acids is 2. The van der Waals surface area contributed by atoms with E-state index in [0.29, 0.717) is 28.1 Å². The Balaban J connectivity index is 2.05. The SMILES string of the molecule is CCOc1ccc(C(=O)NNC(=O)c2n[nH]c(C(C)C)c2Br)cc1OC. The summed E-state index contributed by atoms with van der Waals surface area (Å²) in [6, 6.07) is 4.75. The van der Waals surface area contributed by atoms with Crippen molar-refractivity contribution in [3.05, 3.63) is 39.6 Å². The second kappa shape index (κ2) is 8.70. The molecule has 1 aromatic heterocycles. The molecule has 2 aromatic rings. The number of ether oxygens (including phenoxy) is 2. The Bertz CT molecular complexity index is 804. The molecule has 9 heteroatoms. The zero-order valence-electron chi connectivity index (χ0n) is 15.0. The third kappa shape index (κ3) is 4.34. The molecule has 0 unspecified atom stereocenters. The van der Waals surface area contributed by atoms with Gasteiger partial charge in [-0.05, 0) is 47.0 Å². The second-order valence-electron chi connectivity index (χ2n) is 5.66. The van der Waals surface area contributed by atoms with E-state index >= 15 is 0 Å². The van der Waals surface area contributed by atoms with Gasteiger partial charge >= 0.3 is 0 Å². The van der Waals surface area contributed by atoms with Gasteiger partial charge in [-0.25, -0.2) is 0 Å². The molecule has 26 heavy (non-hydrogen) atoms. The van der Waals surface area contributed by atoms with Crippen LogP contribution < -0.4 is 20.3 Å². The molecule has 0 aliphatic heterocycles. The van der Waals surface area contributed by atoms with E-state index in [0.717, 1.165) is 5.69 Å². The molecule has 0 aliphatic rings. The minimum absolute atomic E-state index is 0.165. The van der Waals surface area contributed by atoms with Gasteiger partial charge in [-0.3, -0.25) is 25.5 Å². The van der Waals surface area contributed by atoms with Crippen LogP contribution in [0.25, 0.3) is 0 Å². The number of nitrogens with zero attached hydrogens (tertiary/aromatic N) is 1. The van der Waals surface area contributed by atoms with Crippen LogP contribution in [-0.4, -0.2) is 35.7 Å². The monoisotopic (exact) mass is 424 g/mol. The van der Waals surface area contributed by atoms with Crippen LogP contribution in [0.2, 0.25) is 0 Å². The van der Waals surface area contributed by atoms with Gasteiger partial charge in [0.2, 0.25) is 0 Å². The minimum Gasteiger partial charge on any atom is -0.493 e. The summed E-state index contributed by atoms with van der Waals surface area (Å²) in [7, 11) is 1.49. The quantitative estimate of drug-likeness (QED) is 0.618. The van der Waals surface area contributed by atoms with Crippen LogP contribution in [-0.2, 0) is 0 Å². The van der Waals surface area contributed by atoms with Gasteiger partial charge in [0.15, 0.2) is 17.2 Å². The summed E-state index contributed by atoms with van der Waals surface area (Å²) in [6.07, 6.45) is 0. The van der Waals surface area contributed by atoms with Gasteiger partial charge in [0.1, 0.15) is 0 Å². The molecule has 0 spiro atoms. The molecule has 1 aromatic carbocycles. The molecule has 2 rings (SSSR count). The highest BCUT2D eigenvalue weighted by atomic mass is 79.9. The van der Waals surface area contributed by atoms with Crippen molar-refractivity contribution >= 4 is 27.7 Å². The average Bonchev–Trinajstić information content (AvgIpc) is 3.01. The van der Waals surface area contributed by atoms with Crippen LogP contribution >= 0.6 is 15.9 Å². The Kier molecular flexibility index (Phi) is 6.62. The molecule has 0 fully saturated rings. The Hall–Kier alpha value is -2.55. The van der Waals surface area contributed by atoms with Crippen LogP contribution in [0, 0.1) is 0 Å². The Morgan fingerprint density at radius 1 is 1.23 bits per heavy atom. The lowest BCUT2D eigenvalue weighted by atomic mass is 10.1. The normalized spacial score (nSPS) is 10.5. The van der Waals surface area contributed by atoms with E-state index < -0.39 is 11.8 Å². The van der Waals surface area contributed by atoms with Crippen LogP contribution in [0.15, 0.2) is 22.7 Å². The lowest BCUT2D eigenvalue weighted by molar-refractivity contribution is 0.0843. The van der Waals surface area contributed by atoms with Crippen molar-refractivity contribution < 1.29 is 19.1 Å². The molecule has 0 saturated heterocycles. The molecule has 8 nitrogen and oxygen atoms in total. The highest BCUT2D eigenvalue weighted by Crippen LogP contribution is 2.28. The molecule has 0 radical (unpaired) electrons. The van der Waals surface area contributed by atoms with E-state index in [2.05, 4.69) is 37.0 Å². The van der Waals surface area contributed by atoms with Crippen molar-refractivity contribution in [3.63, 3.8) is 0 Å². The van der Waals surface area contributed by atoms with Crippen molar-refractivity contribution in [1.82, 2.24) is 21.0 Å². The number of methoxy groups -OCH3 is 1. The number of nitrogens with one attached hydrogen (secondary N) is 3. The molecule has 1 heterocycles. The number of carbonyl (C=O) groups is 2. The predicted molar refractivity (Wildman–Crippen MR) is 99.5 cm³/mol. The molecular formula is C17H21BrN4O4.